The van der Waals surface area contributed by atoms with Crippen molar-refractivity contribution in [2.24, 2.45) is 0 Å². The number of methoxy groups -OCH3 is 1. The smallest absolute Gasteiger partial charge is 0.249 e. The van der Waals surface area contributed by atoms with Crippen LogP contribution in [0.1, 0.15) is 5.69 Å². The normalized spacial score (nSPS) is 11.0. The Balaban J connectivity index is 1.67. The molecule has 0 bridgehead atoms. The van der Waals surface area contributed by atoms with Gasteiger partial charge in [-0.25, -0.2) is 14.1 Å². The fraction of sp³-hybridized carbons (Fsp3) is 0.308. The SMILES string of the molecule is COCCn1nnnc1NC(=O)Cc1cn2cc(F)ccc2n1. The summed E-state index contributed by atoms with van der Waals surface area (Å²) in [7, 11) is 1.56. The molecule has 3 rings (SSSR count). The second-order valence-corrected chi connectivity index (χ2v) is 4.79. The van der Waals surface area contributed by atoms with Crippen molar-refractivity contribution < 1.29 is 13.9 Å². The number of hydrogen-bond acceptors (Lipinski definition) is 6. The minimum absolute atomic E-state index is 0.0282. The van der Waals surface area contributed by atoms with Gasteiger partial charge in [-0.1, -0.05) is 5.10 Å². The van der Waals surface area contributed by atoms with Crippen LogP contribution < -0.4 is 5.32 Å². The van der Waals surface area contributed by atoms with Crippen molar-refractivity contribution in [2.45, 2.75) is 13.0 Å². The van der Waals surface area contributed by atoms with Crippen LogP contribution in [0.25, 0.3) is 5.65 Å². The summed E-state index contributed by atoms with van der Waals surface area (Å²) in [6, 6.07) is 2.86. The van der Waals surface area contributed by atoms with E-state index < -0.39 is 0 Å². The molecule has 0 fully saturated rings. The lowest BCUT2D eigenvalue weighted by atomic mass is 10.3. The zero-order valence-electron chi connectivity index (χ0n) is 12.3. The molecule has 1 N–H and O–H groups in total. The zero-order valence-corrected chi connectivity index (χ0v) is 12.3. The quantitative estimate of drug-likeness (QED) is 0.701. The summed E-state index contributed by atoms with van der Waals surface area (Å²) in [6.07, 6.45) is 2.93. The first-order valence-corrected chi connectivity index (χ1v) is 6.84. The molecule has 3 heterocycles. The molecule has 0 saturated heterocycles. The van der Waals surface area contributed by atoms with Crippen molar-refractivity contribution >= 4 is 17.5 Å². The minimum atomic E-state index is -0.372. The molecular weight excluding hydrogens is 305 g/mol. The average Bonchev–Trinajstić information content (AvgIpc) is 3.10. The lowest BCUT2D eigenvalue weighted by Gasteiger charge is -2.04. The number of aromatic nitrogens is 6. The third-order valence-electron chi connectivity index (χ3n) is 3.10. The number of imidazole rings is 1. The molecule has 0 aromatic carbocycles. The second kappa shape index (κ2) is 6.48. The molecule has 10 heteroatoms. The molecule has 3 aromatic rings. The highest BCUT2D eigenvalue weighted by atomic mass is 19.1. The minimum Gasteiger partial charge on any atom is -0.383 e. The third-order valence-corrected chi connectivity index (χ3v) is 3.10. The maximum absolute atomic E-state index is 13.1. The van der Waals surface area contributed by atoms with Gasteiger partial charge in [-0.3, -0.25) is 10.1 Å². The lowest BCUT2D eigenvalue weighted by Crippen LogP contribution is -2.19. The first kappa shape index (κ1) is 15.0. The van der Waals surface area contributed by atoms with Crippen molar-refractivity contribution in [1.82, 2.24) is 29.6 Å². The van der Waals surface area contributed by atoms with Gasteiger partial charge >= 0.3 is 0 Å². The Labute approximate surface area is 130 Å². The number of amides is 1. The van der Waals surface area contributed by atoms with Crippen molar-refractivity contribution in [1.29, 1.82) is 0 Å². The first-order valence-electron chi connectivity index (χ1n) is 6.84. The Hall–Kier alpha value is -2.88. The van der Waals surface area contributed by atoms with E-state index in [1.165, 1.54) is 21.3 Å². The summed E-state index contributed by atoms with van der Waals surface area (Å²) in [4.78, 5) is 16.3. The molecule has 0 saturated carbocycles. The van der Waals surface area contributed by atoms with Crippen LogP contribution in [0.2, 0.25) is 0 Å². The van der Waals surface area contributed by atoms with Crippen LogP contribution in [0, 0.1) is 5.82 Å². The van der Waals surface area contributed by atoms with Crippen molar-refractivity contribution in [3.8, 4) is 0 Å². The van der Waals surface area contributed by atoms with Crippen molar-refractivity contribution in [3.05, 3.63) is 36.0 Å². The number of halogens is 1. The van der Waals surface area contributed by atoms with Crippen LogP contribution in [0.4, 0.5) is 10.3 Å². The van der Waals surface area contributed by atoms with Gasteiger partial charge in [0.1, 0.15) is 11.5 Å². The summed E-state index contributed by atoms with van der Waals surface area (Å²) >= 11 is 0. The van der Waals surface area contributed by atoms with E-state index in [2.05, 4.69) is 25.8 Å². The third kappa shape index (κ3) is 3.48. The van der Waals surface area contributed by atoms with Gasteiger partial charge in [0.25, 0.3) is 0 Å². The van der Waals surface area contributed by atoms with Crippen LogP contribution in [0.3, 0.4) is 0 Å². The molecule has 120 valence electrons. The maximum atomic E-state index is 13.1. The largest absolute Gasteiger partial charge is 0.383 e. The molecule has 0 radical (unpaired) electrons. The van der Waals surface area contributed by atoms with Crippen LogP contribution in [0.5, 0.6) is 0 Å². The number of carbonyl (C=O) groups excluding carboxylic acids is 1. The Morgan fingerprint density at radius 1 is 1.39 bits per heavy atom. The topological polar surface area (TPSA) is 99.2 Å². The summed E-state index contributed by atoms with van der Waals surface area (Å²) in [5, 5.41) is 13.6. The van der Waals surface area contributed by atoms with E-state index in [1.54, 1.807) is 19.4 Å². The molecule has 0 aliphatic carbocycles. The van der Waals surface area contributed by atoms with E-state index in [-0.39, 0.29) is 24.1 Å². The predicted molar refractivity (Wildman–Crippen MR) is 77.2 cm³/mol. The maximum Gasteiger partial charge on any atom is 0.249 e. The number of pyridine rings is 1. The van der Waals surface area contributed by atoms with Gasteiger partial charge in [0.05, 0.1) is 25.3 Å². The van der Waals surface area contributed by atoms with E-state index in [0.29, 0.717) is 24.5 Å². The van der Waals surface area contributed by atoms with Gasteiger partial charge in [-0.05, 0) is 22.6 Å². The van der Waals surface area contributed by atoms with Crippen LogP contribution in [0.15, 0.2) is 24.5 Å². The van der Waals surface area contributed by atoms with Crippen LogP contribution in [-0.2, 0) is 22.5 Å². The fourth-order valence-electron chi connectivity index (χ4n) is 2.06. The predicted octanol–water partition coefficient (Wildman–Crippen LogP) is 0.287. The zero-order chi connectivity index (χ0) is 16.2. The van der Waals surface area contributed by atoms with E-state index in [4.69, 9.17) is 4.74 Å². The van der Waals surface area contributed by atoms with Gasteiger partial charge in [-0.2, -0.15) is 0 Å². The van der Waals surface area contributed by atoms with E-state index in [9.17, 15) is 9.18 Å². The van der Waals surface area contributed by atoms with Gasteiger partial charge in [-0.15, -0.1) is 0 Å². The Kier molecular flexibility index (Phi) is 4.24. The number of fused-ring (bicyclic) bond motifs is 1. The number of nitrogens with zero attached hydrogens (tertiary/aromatic N) is 6. The number of carbonyl (C=O) groups is 1. The second-order valence-electron chi connectivity index (χ2n) is 4.79. The Bertz CT molecular complexity index is 829. The lowest BCUT2D eigenvalue weighted by molar-refractivity contribution is -0.115. The van der Waals surface area contributed by atoms with E-state index in [0.717, 1.165) is 0 Å². The molecular formula is C13H14FN7O2. The Morgan fingerprint density at radius 2 is 2.26 bits per heavy atom. The highest BCUT2D eigenvalue weighted by Crippen LogP contribution is 2.08. The van der Waals surface area contributed by atoms with Gasteiger partial charge in [0, 0.05) is 19.5 Å². The van der Waals surface area contributed by atoms with Gasteiger partial charge < -0.3 is 9.14 Å². The number of tetrazole rings is 1. The molecule has 0 atom stereocenters. The molecule has 3 aromatic heterocycles. The van der Waals surface area contributed by atoms with Gasteiger partial charge in [0.2, 0.25) is 11.9 Å². The number of rotatable bonds is 6. The molecule has 0 aliphatic heterocycles. The van der Waals surface area contributed by atoms with E-state index in [1.807, 2.05) is 0 Å². The van der Waals surface area contributed by atoms with Crippen molar-refractivity contribution in [2.75, 3.05) is 19.0 Å². The highest BCUT2D eigenvalue weighted by molar-refractivity contribution is 5.90. The summed E-state index contributed by atoms with van der Waals surface area (Å²) in [5.74, 6) is -0.451. The monoisotopic (exact) mass is 319 g/mol. The summed E-state index contributed by atoms with van der Waals surface area (Å²) < 4.78 is 21.0. The number of ether oxygens (including phenoxy) is 1. The number of hydrogen-bond donors (Lipinski definition) is 1. The Morgan fingerprint density at radius 3 is 3.09 bits per heavy atom. The van der Waals surface area contributed by atoms with Crippen molar-refractivity contribution in [3.63, 3.8) is 0 Å². The van der Waals surface area contributed by atoms with E-state index >= 15 is 0 Å². The standard InChI is InChI=1S/C13H14FN7O2/c1-23-5-4-21-13(17-18-19-21)16-12(22)6-10-8-20-7-9(14)2-3-11(20)15-10/h2-3,7-8H,4-6H2,1H3,(H,16,17,19,22). The highest BCUT2D eigenvalue weighted by Gasteiger charge is 2.12. The summed E-state index contributed by atoms with van der Waals surface area (Å²) in [6.45, 7) is 0.846. The fourth-order valence-corrected chi connectivity index (χ4v) is 2.06. The van der Waals surface area contributed by atoms with Crippen LogP contribution in [-0.4, -0.2) is 49.2 Å². The number of anilines is 1. The molecule has 0 unspecified atom stereocenters. The first-order chi connectivity index (χ1) is 11.2. The number of nitrogens with one attached hydrogen (secondary N) is 1. The summed E-state index contributed by atoms with van der Waals surface area (Å²) in [5.41, 5.74) is 1.09. The molecule has 0 aliphatic rings. The molecule has 9 nitrogen and oxygen atoms in total. The molecule has 0 spiro atoms. The van der Waals surface area contributed by atoms with Crippen LogP contribution >= 0.6 is 0 Å². The van der Waals surface area contributed by atoms with Gasteiger partial charge in [0.15, 0.2) is 0 Å². The molecule has 1 amide bonds. The average molecular weight is 319 g/mol. The molecule has 23 heavy (non-hydrogen) atoms.